The molecule has 25 heavy (non-hydrogen) atoms. The molecule has 1 atom stereocenters. The van der Waals surface area contributed by atoms with E-state index >= 15 is 0 Å². The maximum absolute atomic E-state index is 12.8. The standard InChI is InChI=1S/C18H29N3O3S/c1-5-6-16-7-9-17(10-8-16)25(23,24)21-13-11-20(12-14-21)15(2)18(22)19(3)4/h7-10,15H,5-6,11-14H2,1-4H3/t15-/m1/s1. The third kappa shape index (κ3) is 4.59. The molecule has 6 nitrogen and oxygen atoms in total. The Morgan fingerprint density at radius 3 is 2.16 bits per heavy atom. The predicted octanol–water partition coefficient (Wildman–Crippen LogP) is 1.42. The Labute approximate surface area is 151 Å². The minimum absolute atomic E-state index is 0.0443. The quantitative estimate of drug-likeness (QED) is 0.763. The van der Waals surface area contributed by atoms with Crippen molar-refractivity contribution in [2.24, 2.45) is 0 Å². The summed E-state index contributed by atoms with van der Waals surface area (Å²) in [6.45, 7) is 5.92. The first-order valence-corrected chi connectivity index (χ1v) is 10.3. The Balaban J connectivity index is 2.02. The number of likely N-dealkylation sites (N-methyl/N-ethyl adjacent to an activating group) is 1. The van der Waals surface area contributed by atoms with Crippen LogP contribution in [0.2, 0.25) is 0 Å². The van der Waals surface area contributed by atoms with Gasteiger partial charge in [0.25, 0.3) is 0 Å². The van der Waals surface area contributed by atoms with Gasteiger partial charge in [0.1, 0.15) is 0 Å². The molecule has 7 heteroatoms. The Kier molecular flexibility index (Phi) is 6.59. The smallest absolute Gasteiger partial charge is 0.243 e. The fourth-order valence-corrected chi connectivity index (χ4v) is 4.55. The maximum Gasteiger partial charge on any atom is 0.243 e. The topological polar surface area (TPSA) is 60.9 Å². The van der Waals surface area contributed by atoms with Crippen molar-refractivity contribution in [2.75, 3.05) is 40.3 Å². The molecule has 0 saturated carbocycles. The van der Waals surface area contributed by atoms with Crippen molar-refractivity contribution >= 4 is 15.9 Å². The molecule has 0 aliphatic carbocycles. The summed E-state index contributed by atoms with van der Waals surface area (Å²) in [6.07, 6.45) is 1.99. The molecular formula is C18H29N3O3S. The molecule has 1 heterocycles. The molecule has 0 radical (unpaired) electrons. The monoisotopic (exact) mass is 367 g/mol. The Morgan fingerprint density at radius 1 is 1.12 bits per heavy atom. The molecule has 0 aromatic heterocycles. The number of carbonyl (C=O) groups excluding carboxylic acids is 1. The Morgan fingerprint density at radius 2 is 1.68 bits per heavy atom. The Bertz CT molecular complexity index is 678. The number of hydrogen-bond donors (Lipinski definition) is 0. The van der Waals surface area contributed by atoms with Crippen molar-refractivity contribution in [2.45, 2.75) is 37.6 Å². The van der Waals surface area contributed by atoms with Crippen LogP contribution in [-0.2, 0) is 21.2 Å². The van der Waals surface area contributed by atoms with Crippen LogP contribution in [0, 0.1) is 0 Å². The van der Waals surface area contributed by atoms with Gasteiger partial charge in [-0.25, -0.2) is 8.42 Å². The van der Waals surface area contributed by atoms with Crippen LogP contribution in [0.25, 0.3) is 0 Å². The zero-order valence-electron chi connectivity index (χ0n) is 15.6. The van der Waals surface area contributed by atoms with Crippen LogP contribution in [0.3, 0.4) is 0 Å². The first-order chi connectivity index (χ1) is 11.8. The van der Waals surface area contributed by atoms with Crippen molar-refractivity contribution < 1.29 is 13.2 Å². The average Bonchev–Trinajstić information content (AvgIpc) is 2.61. The largest absolute Gasteiger partial charge is 0.347 e. The molecule has 1 fully saturated rings. The van der Waals surface area contributed by atoms with Gasteiger partial charge in [-0.2, -0.15) is 4.31 Å². The van der Waals surface area contributed by atoms with Gasteiger partial charge in [0.05, 0.1) is 10.9 Å². The number of amides is 1. The van der Waals surface area contributed by atoms with Gasteiger partial charge in [-0.15, -0.1) is 0 Å². The van der Waals surface area contributed by atoms with E-state index in [2.05, 4.69) is 6.92 Å². The van der Waals surface area contributed by atoms with E-state index in [4.69, 9.17) is 0 Å². The third-order valence-corrected chi connectivity index (χ3v) is 6.63. The molecule has 1 amide bonds. The van der Waals surface area contributed by atoms with Gasteiger partial charge >= 0.3 is 0 Å². The van der Waals surface area contributed by atoms with Crippen molar-refractivity contribution in [1.82, 2.24) is 14.1 Å². The van der Waals surface area contributed by atoms with Crippen LogP contribution in [-0.4, -0.2) is 74.7 Å². The third-order valence-electron chi connectivity index (χ3n) is 4.72. The molecule has 1 aliphatic rings. The van der Waals surface area contributed by atoms with E-state index in [-0.39, 0.29) is 11.9 Å². The minimum Gasteiger partial charge on any atom is -0.347 e. The summed E-state index contributed by atoms with van der Waals surface area (Å²) in [5.41, 5.74) is 1.15. The number of piperazine rings is 1. The number of nitrogens with zero attached hydrogens (tertiary/aromatic N) is 3. The summed E-state index contributed by atoms with van der Waals surface area (Å²) in [5, 5.41) is 0. The predicted molar refractivity (Wildman–Crippen MR) is 98.9 cm³/mol. The van der Waals surface area contributed by atoms with E-state index < -0.39 is 10.0 Å². The molecule has 1 saturated heterocycles. The normalized spacial score (nSPS) is 18.1. The second kappa shape index (κ2) is 8.29. The summed E-state index contributed by atoms with van der Waals surface area (Å²) in [5.74, 6) is 0.0443. The van der Waals surface area contributed by atoms with Crippen molar-refractivity contribution in [1.29, 1.82) is 0 Å². The fourth-order valence-electron chi connectivity index (χ4n) is 3.13. The van der Waals surface area contributed by atoms with Crippen molar-refractivity contribution in [3.63, 3.8) is 0 Å². The zero-order valence-corrected chi connectivity index (χ0v) is 16.4. The van der Waals surface area contributed by atoms with E-state index in [0.717, 1.165) is 18.4 Å². The van der Waals surface area contributed by atoms with Crippen LogP contribution in [0.5, 0.6) is 0 Å². The van der Waals surface area contributed by atoms with Crippen LogP contribution in [0.4, 0.5) is 0 Å². The van der Waals surface area contributed by atoms with Gasteiger partial charge in [-0.05, 0) is 31.0 Å². The highest BCUT2D eigenvalue weighted by molar-refractivity contribution is 7.89. The van der Waals surface area contributed by atoms with Crippen LogP contribution in [0.15, 0.2) is 29.2 Å². The molecule has 2 rings (SSSR count). The molecular weight excluding hydrogens is 338 g/mol. The van der Waals surface area contributed by atoms with E-state index in [1.807, 2.05) is 24.0 Å². The summed E-state index contributed by atoms with van der Waals surface area (Å²) >= 11 is 0. The molecule has 1 aromatic rings. The van der Waals surface area contributed by atoms with Gasteiger partial charge < -0.3 is 4.90 Å². The number of carbonyl (C=O) groups is 1. The fraction of sp³-hybridized carbons (Fsp3) is 0.611. The number of hydrogen-bond acceptors (Lipinski definition) is 4. The van der Waals surface area contributed by atoms with Crippen LogP contribution < -0.4 is 0 Å². The summed E-state index contributed by atoms with van der Waals surface area (Å²) < 4.78 is 27.1. The lowest BCUT2D eigenvalue weighted by molar-refractivity contribution is -0.134. The lowest BCUT2D eigenvalue weighted by Crippen LogP contribution is -2.54. The van der Waals surface area contributed by atoms with Crippen LogP contribution >= 0.6 is 0 Å². The molecule has 0 bridgehead atoms. The Hall–Kier alpha value is -1.44. The zero-order chi connectivity index (χ0) is 18.6. The number of benzene rings is 1. The van der Waals surface area contributed by atoms with E-state index in [1.54, 1.807) is 31.1 Å². The number of sulfonamides is 1. The SMILES string of the molecule is CCCc1ccc(S(=O)(=O)N2CCN([C@H](C)C(=O)N(C)C)CC2)cc1. The molecule has 0 unspecified atom stereocenters. The second-order valence-electron chi connectivity index (χ2n) is 6.74. The van der Waals surface area contributed by atoms with Crippen molar-refractivity contribution in [3.8, 4) is 0 Å². The highest BCUT2D eigenvalue weighted by Crippen LogP contribution is 2.19. The number of rotatable bonds is 6. The van der Waals surface area contributed by atoms with Crippen LogP contribution in [0.1, 0.15) is 25.8 Å². The highest BCUT2D eigenvalue weighted by Gasteiger charge is 2.32. The van der Waals surface area contributed by atoms with Gasteiger partial charge in [-0.3, -0.25) is 9.69 Å². The lowest BCUT2D eigenvalue weighted by Gasteiger charge is -2.37. The van der Waals surface area contributed by atoms with E-state index in [0.29, 0.717) is 31.1 Å². The summed E-state index contributed by atoms with van der Waals surface area (Å²) in [7, 11) is 0.00756. The lowest BCUT2D eigenvalue weighted by atomic mass is 10.1. The minimum atomic E-state index is -3.47. The second-order valence-corrected chi connectivity index (χ2v) is 8.68. The summed E-state index contributed by atoms with van der Waals surface area (Å²) in [6, 6.07) is 6.96. The van der Waals surface area contributed by atoms with Gasteiger partial charge in [0.15, 0.2) is 0 Å². The van der Waals surface area contributed by atoms with Gasteiger partial charge in [0.2, 0.25) is 15.9 Å². The van der Waals surface area contributed by atoms with E-state index in [1.165, 1.54) is 4.31 Å². The van der Waals surface area contributed by atoms with Crippen molar-refractivity contribution in [3.05, 3.63) is 29.8 Å². The number of aryl methyl sites for hydroxylation is 1. The first-order valence-electron chi connectivity index (χ1n) is 8.81. The molecule has 140 valence electrons. The van der Waals surface area contributed by atoms with E-state index in [9.17, 15) is 13.2 Å². The highest BCUT2D eigenvalue weighted by atomic mass is 32.2. The van der Waals surface area contributed by atoms with Gasteiger partial charge in [0, 0.05) is 40.3 Å². The maximum atomic E-state index is 12.8. The first kappa shape index (κ1) is 19.9. The summed E-state index contributed by atoms with van der Waals surface area (Å²) in [4.78, 5) is 16.0. The molecule has 0 N–H and O–H groups in total. The molecule has 0 spiro atoms. The van der Waals surface area contributed by atoms with Gasteiger partial charge in [-0.1, -0.05) is 25.5 Å². The molecule has 1 aliphatic heterocycles. The average molecular weight is 368 g/mol. The molecule has 1 aromatic carbocycles.